The molecule has 55 heavy (non-hydrogen) atoms. The van der Waals surface area contributed by atoms with E-state index in [4.69, 9.17) is 0 Å². The van der Waals surface area contributed by atoms with Crippen molar-refractivity contribution in [2.75, 3.05) is 4.90 Å². The average molecular weight is 703 g/mol. The minimum absolute atomic E-state index is 0.162. The quantitative estimate of drug-likeness (QED) is 0.162. The van der Waals surface area contributed by atoms with Crippen LogP contribution in [0.4, 0.5) is 17.1 Å². The van der Waals surface area contributed by atoms with E-state index in [2.05, 4.69) is 217 Å². The first-order valence-electron chi connectivity index (χ1n) is 19.2. The molecular formula is C53H38N2. The monoisotopic (exact) mass is 702 g/mol. The maximum atomic E-state index is 2.44. The number of benzene rings is 9. The molecule has 0 aliphatic heterocycles. The molecule has 1 aromatic heterocycles. The third-order valence-electron chi connectivity index (χ3n) is 11.9. The van der Waals surface area contributed by atoms with Gasteiger partial charge in [-0.25, -0.2) is 0 Å². The maximum Gasteiger partial charge on any atom is 0.0541 e. The highest BCUT2D eigenvalue weighted by atomic mass is 15.1. The van der Waals surface area contributed by atoms with Gasteiger partial charge < -0.3 is 9.47 Å². The van der Waals surface area contributed by atoms with Crippen molar-refractivity contribution < 1.29 is 0 Å². The van der Waals surface area contributed by atoms with Crippen LogP contribution in [-0.4, -0.2) is 4.57 Å². The van der Waals surface area contributed by atoms with Gasteiger partial charge in [0.25, 0.3) is 0 Å². The summed E-state index contributed by atoms with van der Waals surface area (Å²) in [4.78, 5) is 2.41. The number of rotatable bonds is 5. The van der Waals surface area contributed by atoms with E-state index in [1.54, 1.807) is 0 Å². The Bertz CT molecular complexity index is 3120. The van der Waals surface area contributed by atoms with Gasteiger partial charge in [-0.05, 0) is 122 Å². The molecule has 1 heterocycles. The summed E-state index contributed by atoms with van der Waals surface area (Å²) in [6, 6.07) is 71.3. The van der Waals surface area contributed by atoms with Crippen LogP contribution in [0.2, 0.25) is 0 Å². The molecule has 0 spiro atoms. The van der Waals surface area contributed by atoms with Gasteiger partial charge >= 0.3 is 0 Å². The van der Waals surface area contributed by atoms with Crippen molar-refractivity contribution in [3.8, 4) is 27.9 Å². The molecule has 0 fully saturated rings. The van der Waals surface area contributed by atoms with Gasteiger partial charge in [0.15, 0.2) is 0 Å². The van der Waals surface area contributed by atoms with Crippen LogP contribution in [0.3, 0.4) is 0 Å². The fraction of sp³-hybridized carbons (Fsp3) is 0.0566. The molecule has 1 aliphatic rings. The van der Waals surface area contributed by atoms with E-state index in [0.29, 0.717) is 0 Å². The molecule has 10 aromatic rings. The Morgan fingerprint density at radius 2 is 1.07 bits per heavy atom. The van der Waals surface area contributed by atoms with E-state index in [0.717, 1.165) is 17.1 Å². The lowest BCUT2D eigenvalue weighted by atomic mass is 9.81. The summed E-state index contributed by atoms with van der Waals surface area (Å²) in [6.07, 6.45) is 0. The first-order chi connectivity index (χ1) is 27.0. The molecule has 0 saturated carbocycles. The van der Waals surface area contributed by atoms with Gasteiger partial charge in [0.1, 0.15) is 0 Å². The number of anilines is 3. The van der Waals surface area contributed by atoms with Crippen molar-refractivity contribution >= 4 is 60.4 Å². The van der Waals surface area contributed by atoms with Gasteiger partial charge in [-0.2, -0.15) is 0 Å². The lowest BCUT2D eigenvalue weighted by Gasteiger charge is -2.28. The molecule has 0 saturated heterocycles. The number of para-hydroxylation sites is 3. The Morgan fingerprint density at radius 3 is 1.93 bits per heavy atom. The fourth-order valence-electron chi connectivity index (χ4n) is 9.31. The Hall–Kier alpha value is -6.90. The molecule has 0 bridgehead atoms. The molecule has 1 aliphatic carbocycles. The zero-order valence-corrected chi connectivity index (χ0v) is 30.9. The van der Waals surface area contributed by atoms with E-state index in [1.165, 1.54) is 82.4 Å². The molecule has 0 radical (unpaired) electrons. The fourth-order valence-corrected chi connectivity index (χ4v) is 9.31. The van der Waals surface area contributed by atoms with Crippen molar-refractivity contribution in [3.63, 3.8) is 0 Å². The van der Waals surface area contributed by atoms with Crippen LogP contribution in [0.25, 0.3) is 71.3 Å². The lowest BCUT2D eigenvalue weighted by Crippen LogP contribution is -2.16. The second kappa shape index (κ2) is 12.1. The third-order valence-corrected chi connectivity index (χ3v) is 11.9. The van der Waals surface area contributed by atoms with Crippen LogP contribution in [-0.2, 0) is 5.41 Å². The van der Waals surface area contributed by atoms with Gasteiger partial charge in [-0.1, -0.05) is 141 Å². The van der Waals surface area contributed by atoms with Gasteiger partial charge in [-0.15, -0.1) is 0 Å². The summed E-state index contributed by atoms with van der Waals surface area (Å²) in [6.45, 7) is 4.77. The number of hydrogen-bond donors (Lipinski definition) is 0. The van der Waals surface area contributed by atoms with Crippen LogP contribution in [0.1, 0.15) is 25.0 Å². The van der Waals surface area contributed by atoms with Crippen LogP contribution >= 0.6 is 0 Å². The molecule has 9 aromatic carbocycles. The van der Waals surface area contributed by atoms with Crippen molar-refractivity contribution in [2.45, 2.75) is 19.3 Å². The molecule has 2 nitrogen and oxygen atoms in total. The number of hydrogen-bond acceptors (Lipinski definition) is 1. The number of nitrogens with zero attached hydrogens (tertiary/aromatic N) is 2. The zero-order valence-electron chi connectivity index (χ0n) is 30.9. The Balaban J connectivity index is 1.06. The standard InChI is InChI=1S/C53H38N2/c1-53(2)47-30-26-36-25-24-35-14-9-10-21-43(35)51(36)52(47)45-29-28-42(34-48(45)53)54(39-16-5-3-6-17-39)41-20-13-15-37(32-41)38-27-31-50-46(33-38)44-22-11-12-23-49(44)55(50)40-18-7-4-8-19-40/h3-34H,1-2H3. The highest BCUT2D eigenvalue weighted by Crippen LogP contribution is 2.54. The lowest BCUT2D eigenvalue weighted by molar-refractivity contribution is 0.661. The van der Waals surface area contributed by atoms with E-state index >= 15 is 0 Å². The molecule has 2 heteroatoms. The van der Waals surface area contributed by atoms with E-state index in [9.17, 15) is 0 Å². The van der Waals surface area contributed by atoms with Crippen molar-refractivity contribution in [1.29, 1.82) is 0 Å². The van der Waals surface area contributed by atoms with Gasteiger partial charge in [0, 0.05) is 38.9 Å². The summed E-state index contributed by atoms with van der Waals surface area (Å²) in [7, 11) is 0. The molecule has 0 amide bonds. The van der Waals surface area contributed by atoms with Crippen LogP contribution < -0.4 is 4.90 Å². The molecular weight excluding hydrogens is 665 g/mol. The van der Waals surface area contributed by atoms with Crippen LogP contribution in [0.5, 0.6) is 0 Å². The van der Waals surface area contributed by atoms with Crippen molar-refractivity contribution in [2.24, 2.45) is 0 Å². The first-order valence-corrected chi connectivity index (χ1v) is 19.2. The normalized spacial score (nSPS) is 13.1. The van der Waals surface area contributed by atoms with Gasteiger partial charge in [-0.3, -0.25) is 0 Å². The summed E-state index contributed by atoms with van der Waals surface area (Å²) in [5.74, 6) is 0. The Labute approximate surface area is 321 Å². The maximum absolute atomic E-state index is 2.44. The largest absolute Gasteiger partial charge is 0.310 e. The Kier molecular flexibility index (Phi) is 6.93. The van der Waals surface area contributed by atoms with Crippen LogP contribution in [0.15, 0.2) is 194 Å². The van der Waals surface area contributed by atoms with Crippen molar-refractivity contribution in [3.05, 3.63) is 205 Å². The Morgan fingerprint density at radius 1 is 0.418 bits per heavy atom. The minimum atomic E-state index is -0.162. The third kappa shape index (κ3) is 4.81. The highest BCUT2D eigenvalue weighted by molar-refractivity contribution is 6.17. The molecule has 0 atom stereocenters. The summed E-state index contributed by atoms with van der Waals surface area (Å²) in [5.41, 5.74) is 14.7. The summed E-state index contributed by atoms with van der Waals surface area (Å²) < 4.78 is 2.38. The minimum Gasteiger partial charge on any atom is -0.310 e. The second-order valence-electron chi connectivity index (χ2n) is 15.4. The second-order valence-corrected chi connectivity index (χ2v) is 15.4. The molecule has 0 N–H and O–H groups in total. The van der Waals surface area contributed by atoms with Crippen LogP contribution in [0, 0.1) is 0 Å². The molecule has 260 valence electrons. The molecule has 0 unspecified atom stereocenters. The summed E-state index contributed by atoms with van der Waals surface area (Å²) in [5, 5.41) is 7.75. The molecule has 11 rings (SSSR count). The van der Waals surface area contributed by atoms with E-state index < -0.39 is 0 Å². The van der Waals surface area contributed by atoms with Crippen molar-refractivity contribution in [1.82, 2.24) is 4.57 Å². The average Bonchev–Trinajstić information content (AvgIpc) is 3.69. The first kappa shape index (κ1) is 31.6. The smallest absolute Gasteiger partial charge is 0.0541 e. The van der Waals surface area contributed by atoms with E-state index in [-0.39, 0.29) is 5.41 Å². The predicted molar refractivity (Wildman–Crippen MR) is 233 cm³/mol. The number of fused-ring (bicyclic) bond motifs is 10. The highest BCUT2D eigenvalue weighted by Gasteiger charge is 2.37. The number of aromatic nitrogens is 1. The predicted octanol–water partition coefficient (Wildman–Crippen LogP) is 14.5. The topological polar surface area (TPSA) is 8.17 Å². The SMILES string of the molecule is CC1(C)c2cc(N(c3ccccc3)c3cccc(-c4ccc5c(c4)c4ccccc4n5-c4ccccc4)c3)ccc2-c2c1ccc1ccc3ccccc3c21. The van der Waals surface area contributed by atoms with E-state index in [1.807, 2.05) is 0 Å². The van der Waals surface area contributed by atoms with Gasteiger partial charge in [0.05, 0.1) is 11.0 Å². The van der Waals surface area contributed by atoms with Gasteiger partial charge in [0.2, 0.25) is 0 Å². The zero-order chi connectivity index (χ0) is 36.7. The summed E-state index contributed by atoms with van der Waals surface area (Å²) >= 11 is 0.